The highest BCUT2D eigenvalue weighted by molar-refractivity contribution is 6.47. The molecule has 0 bridgehead atoms. The van der Waals surface area contributed by atoms with Crippen molar-refractivity contribution in [1.82, 2.24) is 5.43 Å². The Bertz CT molecular complexity index is 1030. The van der Waals surface area contributed by atoms with Crippen LogP contribution >= 0.6 is 11.6 Å². The molecule has 0 radical (unpaired) electrons. The van der Waals surface area contributed by atoms with Gasteiger partial charge in [-0.3, -0.25) is 15.0 Å². The molecule has 2 heterocycles. The topological polar surface area (TPSA) is 88.1 Å². The minimum Gasteiger partial charge on any atom is -0.461 e. The van der Waals surface area contributed by atoms with E-state index < -0.39 is 29.2 Å². The minimum atomic E-state index is -1.51. The second-order valence-electron chi connectivity index (χ2n) is 6.89. The van der Waals surface area contributed by atoms with Crippen molar-refractivity contribution in [3.8, 4) is 0 Å². The van der Waals surface area contributed by atoms with Gasteiger partial charge in [0.25, 0.3) is 5.91 Å². The first kappa shape index (κ1) is 19.1. The van der Waals surface area contributed by atoms with E-state index >= 15 is 0 Å². The predicted octanol–water partition coefficient (Wildman–Crippen LogP) is 2.56. The van der Waals surface area contributed by atoms with Gasteiger partial charge in [0, 0.05) is 5.02 Å². The normalized spacial score (nSPS) is 22.9. The number of nitrogens with zero attached hydrogens (tertiary/aromatic N) is 2. The third kappa shape index (κ3) is 2.81. The van der Waals surface area contributed by atoms with Crippen molar-refractivity contribution in [3.63, 3.8) is 0 Å². The molecule has 1 N–H and O–H groups in total. The maximum Gasteiger partial charge on any atom is 0.355 e. The van der Waals surface area contributed by atoms with Gasteiger partial charge in [-0.05, 0) is 43.7 Å². The number of rotatable bonds is 4. The second-order valence-corrected chi connectivity index (χ2v) is 7.33. The van der Waals surface area contributed by atoms with Crippen LogP contribution in [0.1, 0.15) is 18.1 Å². The number of anilines is 1. The molecule has 148 valence electrons. The van der Waals surface area contributed by atoms with E-state index in [1.165, 1.54) is 0 Å². The molecule has 29 heavy (non-hydrogen) atoms. The quantitative estimate of drug-likeness (QED) is 0.617. The van der Waals surface area contributed by atoms with Crippen molar-refractivity contribution in [2.75, 3.05) is 11.5 Å². The van der Waals surface area contributed by atoms with Gasteiger partial charge >= 0.3 is 5.97 Å². The Labute approximate surface area is 172 Å². The number of hydrazone groups is 1. The summed E-state index contributed by atoms with van der Waals surface area (Å²) in [5, 5.41) is 4.54. The lowest BCUT2D eigenvalue weighted by Gasteiger charge is -2.26. The fraction of sp³-hybridized carbons (Fsp3) is 0.238. The zero-order valence-electron chi connectivity index (χ0n) is 15.8. The summed E-state index contributed by atoms with van der Waals surface area (Å²) in [6.07, 6.45) is 0. The number of ether oxygens (including phenoxy) is 1. The Balaban J connectivity index is 1.86. The molecule has 0 aromatic heterocycles. The van der Waals surface area contributed by atoms with Gasteiger partial charge in [0.05, 0.1) is 12.3 Å². The molecular formula is C21H18ClN3O4. The molecule has 4 rings (SSSR count). The van der Waals surface area contributed by atoms with Crippen LogP contribution in [-0.2, 0) is 24.7 Å². The van der Waals surface area contributed by atoms with E-state index in [0.29, 0.717) is 16.3 Å². The van der Waals surface area contributed by atoms with Gasteiger partial charge in [-0.2, -0.15) is 5.10 Å². The molecule has 7 nitrogen and oxygen atoms in total. The maximum absolute atomic E-state index is 13.6. The van der Waals surface area contributed by atoms with Crippen LogP contribution in [0.5, 0.6) is 0 Å². The molecule has 2 aromatic rings. The number of benzene rings is 2. The molecule has 0 saturated carbocycles. The molecular weight excluding hydrogens is 394 g/mol. The lowest BCUT2D eigenvalue weighted by molar-refractivity contribution is -0.136. The first-order valence-corrected chi connectivity index (χ1v) is 9.51. The zero-order chi connectivity index (χ0) is 20.8. The van der Waals surface area contributed by atoms with Gasteiger partial charge in [0.15, 0.2) is 11.3 Å². The third-order valence-electron chi connectivity index (χ3n) is 5.14. The number of hydrogen-bond donors (Lipinski definition) is 1. The number of fused-ring (bicyclic) bond motifs is 1. The monoisotopic (exact) mass is 411 g/mol. The van der Waals surface area contributed by atoms with Gasteiger partial charge < -0.3 is 4.74 Å². The van der Waals surface area contributed by atoms with E-state index in [9.17, 15) is 14.4 Å². The summed E-state index contributed by atoms with van der Waals surface area (Å²) in [5.74, 6) is -2.91. The van der Waals surface area contributed by atoms with Crippen LogP contribution in [0.25, 0.3) is 0 Å². The van der Waals surface area contributed by atoms with Crippen LogP contribution in [0.2, 0.25) is 5.02 Å². The first-order valence-electron chi connectivity index (χ1n) is 9.13. The van der Waals surface area contributed by atoms with E-state index in [1.54, 1.807) is 43.3 Å². The number of carbonyl (C=O) groups is 3. The highest BCUT2D eigenvalue weighted by Crippen LogP contribution is 2.45. The van der Waals surface area contributed by atoms with Crippen molar-refractivity contribution in [2.24, 2.45) is 11.0 Å². The van der Waals surface area contributed by atoms with E-state index in [4.69, 9.17) is 16.3 Å². The molecule has 0 aliphatic carbocycles. The zero-order valence-corrected chi connectivity index (χ0v) is 16.6. The minimum absolute atomic E-state index is 0.109. The summed E-state index contributed by atoms with van der Waals surface area (Å²) in [5.41, 5.74) is 3.10. The highest BCUT2D eigenvalue weighted by atomic mass is 35.5. The van der Waals surface area contributed by atoms with Crippen molar-refractivity contribution >= 4 is 40.8 Å². The largest absolute Gasteiger partial charge is 0.461 e. The average molecular weight is 412 g/mol. The molecule has 1 saturated heterocycles. The third-order valence-corrected chi connectivity index (χ3v) is 5.40. The second kappa shape index (κ2) is 7.00. The molecule has 0 unspecified atom stereocenters. The van der Waals surface area contributed by atoms with Crippen LogP contribution in [-0.4, -0.2) is 30.1 Å². The number of hydrogen-bond acceptors (Lipinski definition) is 6. The molecule has 2 atom stereocenters. The molecule has 2 aliphatic heterocycles. The lowest BCUT2D eigenvalue weighted by atomic mass is 9.78. The number of halogens is 1. The summed E-state index contributed by atoms with van der Waals surface area (Å²) < 4.78 is 5.07. The van der Waals surface area contributed by atoms with Crippen LogP contribution < -0.4 is 10.3 Å². The molecule has 2 aromatic carbocycles. The predicted molar refractivity (Wildman–Crippen MR) is 107 cm³/mol. The van der Waals surface area contributed by atoms with E-state index in [2.05, 4.69) is 10.5 Å². The van der Waals surface area contributed by atoms with Crippen LogP contribution in [0.15, 0.2) is 53.6 Å². The first-order chi connectivity index (χ1) is 13.9. The van der Waals surface area contributed by atoms with Gasteiger partial charge in [-0.25, -0.2) is 9.69 Å². The summed E-state index contributed by atoms with van der Waals surface area (Å²) in [4.78, 5) is 40.5. The summed E-state index contributed by atoms with van der Waals surface area (Å²) in [6, 6.07) is 13.6. The highest BCUT2D eigenvalue weighted by Gasteiger charge is 2.67. The van der Waals surface area contributed by atoms with Crippen LogP contribution in [0, 0.1) is 12.8 Å². The Morgan fingerprint density at radius 3 is 2.45 bits per heavy atom. The van der Waals surface area contributed by atoms with E-state index in [1.807, 2.05) is 19.1 Å². The molecule has 2 amide bonds. The number of imide groups is 1. The standard InChI is InChI=1S/C21H18ClN3O4/c1-3-29-19(27)17-16-18(26)25(15-10-8-14(22)9-11-15)20(28)21(16,24-23-17)13-6-4-12(2)5-7-13/h4-11,16,24H,3H2,1-2H3/t16-,21-/m1/s1. The average Bonchev–Trinajstić information content (AvgIpc) is 3.20. The molecule has 1 fully saturated rings. The van der Waals surface area contributed by atoms with E-state index in [0.717, 1.165) is 10.5 Å². The molecule has 8 heteroatoms. The van der Waals surface area contributed by atoms with E-state index in [-0.39, 0.29) is 12.3 Å². The summed E-state index contributed by atoms with van der Waals surface area (Å²) >= 11 is 5.94. The van der Waals surface area contributed by atoms with Crippen LogP contribution in [0.3, 0.4) is 0 Å². The van der Waals surface area contributed by atoms with Gasteiger partial charge in [0.1, 0.15) is 5.92 Å². The Hall–Kier alpha value is -3.19. The fourth-order valence-corrected chi connectivity index (χ4v) is 3.86. The number of carbonyl (C=O) groups excluding carboxylic acids is 3. The van der Waals surface area contributed by atoms with Crippen molar-refractivity contribution in [3.05, 3.63) is 64.7 Å². The number of nitrogens with one attached hydrogen (secondary N) is 1. The fourth-order valence-electron chi connectivity index (χ4n) is 3.74. The molecule has 0 spiro atoms. The number of esters is 1. The van der Waals surface area contributed by atoms with Crippen LogP contribution in [0.4, 0.5) is 5.69 Å². The van der Waals surface area contributed by atoms with Crippen molar-refractivity contribution in [2.45, 2.75) is 19.4 Å². The summed E-state index contributed by atoms with van der Waals surface area (Å²) in [6.45, 7) is 3.71. The Morgan fingerprint density at radius 2 is 1.83 bits per heavy atom. The van der Waals surface area contributed by atoms with Gasteiger partial charge in [-0.15, -0.1) is 0 Å². The SMILES string of the molecule is CCOC(=O)C1=NN[C@@]2(c3ccc(C)cc3)C(=O)N(c3ccc(Cl)cc3)C(=O)[C@@H]12. The van der Waals surface area contributed by atoms with Gasteiger partial charge in [-0.1, -0.05) is 41.4 Å². The smallest absolute Gasteiger partial charge is 0.355 e. The Kier molecular flexibility index (Phi) is 4.62. The lowest BCUT2D eigenvalue weighted by Crippen LogP contribution is -2.48. The maximum atomic E-state index is 13.6. The summed E-state index contributed by atoms with van der Waals surface area (Å²) in [7, 11) is 0. The van der Waals surface area contributed by atoms with Gasteiger partial charge in [0.2, 0.25) is 5.91 Å². The number of aryl methyl sites for hydroxylation is 1. The van der Waals surface area contributed by atoms with Crippen molar-refractivity contribution < 1.29 is 19.1 Å². The Morgan fingerprint density at radius 1 is 1.17 bits per heavy atom. The van der Waals surface area contributed by atoms with Crippen molar-refractivity contribution in [1.29, 1.82) is 0 Å². The molecule has 2 aliphatic rings. The number of amides is 2.